The highest BCUT2D eigenvalue weighted by Crippen LogP contribution is 2.25. The van der Waals surface area contributed by atoms with Crippen molar-refractivity contribution in [2.75, 3.05) is 13.2 Å². The van der Waals surface area contributed by atoms with E-state index in [2.05, 4.69) is 12.2 Å². The van der Waals surface area contributed by atoms with E-state index >= 15 is 0 Å². The van der Waals surface area contributed by atoms with Crippen LogP contribution in [0.25, 0.3) is 0 Å². The van der Waals surface area contributed by atoms with Gasteiger partial charge >= 0.3 is 0 Å². The Morgan fingerprint density at radius 2 is 2.37 bits per heavy atom. The molecule has 1 aromatic rings. The maximum absolute atomic E-state index is 10.8. The van der Waals surface area contributed by atoms with Gasteiger partial charge in [-0.05, 0) is 30.9 Å². The summed E-state index contributed by atoms with van der Waals surface area (Å²) >= 11 is 5.77. The van der Waals surface area contributed by atoms with Gasteiger partial charge < -0.3 is 10.1 Å². The number of ether oxygens (including phenoxy) is 1. The number of nitrogens with zero attached hydrogens (tertiary/aromatic N) is 1. The molecule has 1 heterocycles. The summed E-state index contributed by atoms with van der Waals surface area (Å²) in [6.07, 6.45) is 1.35. The van der Waals surface area contributed by atoms with Crippen LogP contribution in [0.2, 0.25) is 5.02 Å². The molecule has 19 heavy (non-hydrogen) atoms. The van der Waals surface area contributed by atoms with E-state index in [4.69, 9.17) is 16.3 Å². The standard InChI is InChI=1S/C13H17ClN2O3/c1-9-11(4-5-19-9)8-15-7-10-2-3-12(14)13(6-10)16(17)18/h2-3,6,9,11,15H,4-5,7-8H2,1H3. The molecule has 0 aromatic heterocycles. The fraction of sp³-hybridized carbons (Fsp3) is 0.538. The third-order valence-corrected chi connectivity index (χ3v) is 3.80. The number of nitrogens with one attached hydrogen (secondary N) is 1. The molecule has 2 unspecified atom stereocenters. The van der Waals surface area contributed by atoms with Crippen molar-refractivity contribution in [3.63, 3.8) is 0 Å². The van der Waals surface area contributed by atoms with Crippen LogP contribution in [0.3, 0.4) is 0 Å². The second-order valence-electron chi connectivity index (χ2n) is 4.80. The molecule has 0 amide bonds. The molecular weight excluding hydrogens is 268 g/mol. The maximum atomic E-state index is 10.8. The van der Waals surface area contributed by atoms with Crippen LogP contribution in [-0.2, 0) is 11.3 Å². The van der Waals surface area contributed by atoms with Crippen molar-refractivity contribution in [1.82, 2.24) is 5.32 Å². The molecule has 1 N–H and O–H groups in total. The zero-order valence-electron chi connectivity index (χ0n) is 10.8. The predicted molar refractivity (Wildman–Crippen MR) is 73.3 cm³/mol. The number of benzene rings is 1. The summed E-state index contributed by atoms with van der Waals surface area (Å²) in [5.41, 5.74) is 0.821. The predicted octanol–water partition coefficient (Wildman–Crippen LogP) is 2.76. The van der Waals surface area contributed by atoms with Crippen LogP contribution in [0.4, 0.5) is 5.69 Å². The van der Waals surface area contributed by atoms with Crippen molar-refractivity contribution >= 4 is 17.3 Å². The van der Waals surface area contributed by atoms with Gasteiger partial charge in [0, 0.05) is 25.8 Å². The van der Waals surface area contributed by atoms with Crippen molar-refractivity contribution in [2.45, 2.75) is 26.0 Å². The first kappa shape index (κ1) is 14.2. The number of hydrogen-bond donors (Lipinski definition) is 1. The Labute approximate surface area is 117 Å². The quantitative estimate of drug-likeness (QED) is 0.667. The van der Waals surface area contributed by atoms with Gasteiger partial charge in [0.05, 0.1) is 11.0 Å². The minimum atomic E-state index is -0.460. The molecule has 0 spiro atoms. The number of nitro benzene ring substituents is 1. The van der Waals surface area contributed by atoms with Gasteiger partial charge in [-0.3, -0.25) is 10.1 Å². The normalized spacial score (nSPS) is 22.6. The molecule has 104 valence electrons. The van der Waals surface area contributed by atoms with E-state index in [0.29, 0.717) is 12.5 Å². The molecular formula is C13H17ClN2O3. The lowest BCUT2D eigenvalue weighted by Crippen LogP contribution is -2.26. The maximum Gasteiger partial charge on any atom is 0.288 e. The van der Waals surface area contributed by atoms with Gasteiger partial charge in [0.2, 0.25) is 0 Å². The Morgan fingerprint density at radius 3 is 3.00 bits per heavy atom. The average molecular weight is 285 g/mol. The molecule has 0 radical (unpaired) electrons. The van der Waals surface area contributed by atoms with Crippen molar-refractivity contribution in [2.24, 2.45) is 5.92 Å². The van der Waals surface area contributed by atoms with Crippen LogP contribution in [-0.4, -0.2) is 24.2 Å². The van der Waals surface area contributed by atoms with E-state index in [1.807, 2.05) is 0 Å². The minimum absolute atomic E-state index is 0.0430. The Kier molecular flexibility index (Phi) is 4.74. The first-order valence-electron chi connectivity index (χ1n) is 6.33. The summed E-state index contributed by atoms with van der Waals surface area (Å²) in [5, 5.41) is 14.3. The highest BCUT2D eigenvalue weighted by molar-refractivity contribution is 6.32. The number of nitro groups is 1. The first-order chi connectivity index (χ1) is 9.08. The van der Waals surface area contributed by atoms with E-state index in [0.717, 1.165) is 25.1 Å². The van der Waals surface area contributed by atoms with Crippen LogP contribution in [0.15, 0.2) is 18.2 Å². The molecule has 0 aliphatic carbocycles. The Bertz CT molecular complexity index is 467. The van der Waals surface area contributed by atoms with E-state index in [1.165, 1.54) is 6.07 Å². The largest absolute Gasteiger partial charge is 0.378 e. The molecule has 2 rings (SSSR count). The van der Waals surface area contributed by atoms with Gasteiger partial charge in [-0.1, -0.05) is 17.7 Å². The van der Waals surface area contributed by atoms with Gasteiger partial charge in [0.15, 0.2) is 0 Å². The van der Waals surface area contributed by atoms with Crippen LogP contribution < -0.4 is 5.32 Å². The zero-order chi connectivity index (χ0) is 13.8. The third-order valence-electron chi connectivity index (χ3n) is 3.48. The van der Waals surface area contributed by atoms with Gasteiger partial charge in [0.25, 0.3) is 5.69 Å². The molecule has 5 nitrogen and oxygen atoms in total. The van der Waals surface area contributed by atoms with Gasteiger partial charge in [0.1, 0.15) is 5.02 Å². The third kappa shape index (κ3) is 3.65. The Hall–Kier alpha value is -1.17. The highest BCUT2D eigenvalue weighted by atomic mass is 35.5. The van der Waals surface area contributed by atoms with Crippen molar-refractivity contribution < 1.29 is 9.66 Å². The Balaban J connectivity index is 1.89. The fourth-order valence-corrected chi connectivity index (χ4v) is 2.44. The summed E-state index contributed by atoms with van der Waals surface area (Å²) in [7, 11) is 0. The van der Waals surface area contributed by atoms with Crippen LogP contribution in [0, 0.1) is 16.0 Å². The average Bonchev–Trinajstić information content (AvgIpc) is 2.77. The lowest BCUT2D eigenvalue weighted by molar-refractivity contribution is -0.384. The fourth-order valence-electron chi connectivity index (χ4n) is 2.25. The van der Waals surface area contributed by atoms with Crippen LogP contribution in [0.5, 0.6) is 0 Å². The molecule has 2 atom stereocenters. The van der Waals surface area contributed by atoms with E-state index < -0.39 is 4.92 Å². The number of rotatable bonds is 5. The molecule has 1 aliphatic rings. The van der Waals surface area contributed by atoms with Gasteiger partial charge in [-0.2, -0.15) is 0 Å². The molecule has 1 fully saturated rings. The monoisotopic (exact) mass is 284 g/mol. The Morgan fingerprint density at radius 1 is 1.58 bits per heavy atom. The van der Waals surface area contributed by atoms with Crippen molar-refractivity contribution in [1.29, 1.82) is 0 Å². The zero-order valence-corrected chi connectivity index (χ0v) is 11.5. The number of hydrogen-bond acceptors (Lipinski definition) is 4. The smallest absolute Gasteiger partial charge is 0.288 e. The summed E-state index contributed by atoms with van der Waals surface area (Å²) in [5.74, 6) is 0.516. The molecule has 1 saturated heterocycles. The molecule has 6 heteroatoms. The van der Waals surface area contributed by atoms with E-state index in [1.54, 1.807) is 12.1 Å². The van der Waals surface area contributed by atoms with E-state index in [-0.39, 0.29) is 16.8 Å². The van der Waals surface area contributed by atoms with Crippen LogP contribution >= 0.6 is 11.6 Å². The topological polar surface area (TPSA) is 64.4 Å². The summed E-state index contributed by atoms with van der Waals surface area (Å²) in [6.45, 7) is 4.35. The second-order valence-corrected chi connectivity index (χ2v) is 5.21. The number of halogens is 1. The first-order valence-corrected chi connectivity index (χ1v) is 6.71. The molecule has 0 bridgehead atoms. The van der Waals surface area contributed by atoms with Crippen molar-refractivity contribution in [3.8, 4) is 0 Å². The van der Waals surface area contributed by atoms with Crippen molar-refractivity contribution in [3.05, 3.63) is 38.9 Å². The molecule has 0 saturated carbocycles. The van der Waals surface area contributed by atoms with Gasteiger partial charge in [-0.15, -0.1) is 0 Å². The molecule has 1 aromatic carbocycles. The summed E-state index contributed by atoms with van der Waals surface area (Å²) in [4.78, 5) is 10.3. The minimum Gasteiger partial charge on any atom is -0.378 e. The van der Waals surface area contributed by atoms with Crippen LogP contribution in [0.1, 0.15) is 18.9 Å². The summed E-state index contributed by atoms with van der Waals surface area (Å²) in [6, 6.07) is 4.89. The lowest BCUT2D eigenvalue weighted by Gasteiger charge is -2.14. The molecule has 1 aliphatic heterocycles. The van der Waals surface area contributed by atoms with E-state index in [9.17, 15) is 10.1 Å². The summed E-state index contributed by atoms with van der Waals surface area (Å²) < 4.78 is 5.49. The SMILES string of the molecule is CC1OCCC1CNCc1ccc(Cl)c([N+](=O)[O-])c1. The lowest BCUT2D eigenvalue weighted by atomic mass is 10.0. The van der Waals surface area contributed by atoms with Gasteiger partial charge in [-0.25, -0.2) is 0 Å². The second kappa shape index (κ2) is 6.32. The highest BCUT2D eigenvalue weighted by Gasteiger charge is 2.23.